The van der Waals surface area contributed by atoms with Crippen LogP contribution in [0.1, 0.15) is 34.8 Å². The van der Waals surface area contributed by atoms with Crippen molar-refractivity contribution in [2.24, 2.45) is 0 Å². The van der Waals surface area contributed by atoms with E-state index >= 15 is 0 Å². The Hall–Kier alpha value is -1.15. The number of ketones is 1. The third-order valence-corrected chi connectivity index (χ3v) is 2.19. The maximum atomic E-state index is 11.6. The summed E-state index contributed by atoms with van der Waals surface area (Å²) in [4.78, 5) is 11.6. The molecule has 0 aliphatic rings. The molecule has 0 heterocycles. The van der Waals surface area contributed by atoms with E-state index in [4.69, 9.17) is 4.74 Å². The second-order valence-electron chi connectivity index (χ2n) is 3.37. The molecule has 0 saturated heterocycles. The summed E-state index contributed by atoms with van der Waals surface area (Å²) in [5.74, 6) is 0.181. The fourth-order valence-electron chi connectivity index (χ4n) is 1.42. The van der Waals surface area contributed by atoms with Gasteiger partial charge in [-0.1, -0.05) is 24.6 Å². The number of hydrogen-bond donors (Lipinski definition) is 0. The van der Waals surface area contributed by atoms with E-state index in [0.717, 1.165) is 16.7 Å². The summed E-state index contributed by atoms with van der Waals surface area (Å²) in [6.45, 7) is 4.37. The van der Waals surface area contributed by atoms with Gasteiger partial charge in [-0.2, -0.15) is 0 Å². The number of methoxy groups -OCH3 is 1. The van der Waals surface area contributed by atoms with E-state index in [-0.39, 0.29) is 5.78 Å². The molecule has 1 aromatic rings. The lowest BCUT2D eigenvalue weighted by atomic mass is 10.00. The van der Waals surface area contributed by atoms with Crippen LogP contribution in [0, 0.1) is 6.92 Å². The van der Waals surface area contributed by atoms with Crippen LogP contribution in [0.15, 0.2) is 18.2 Å². The quantitative estimate of drug-likeness (QED) is 0.686. The van der Waals surface area contributed by atoms with E-state index in [1.807, 2.05) is 32.0 Å². The molecule has 0 aliphatic heterocycles. The van der Waals surface area contributed by atoms with Gasteiger partial charge in [0.2, 0.25) is 0 Å². The molecule has 2 nitrogen and oxygen atoms in total. The Labute approximate surface area is 84.9 Å². The Bertz CT molecular complexity index is 329. The Morgan fingerprint density at radius 3 is 2.71 bits per heavy atom. The number of benzene rings is 1. The molecule has 76 valence electrons. The van der Waals surface area contributed by atoms with Crippen molar-refractivity contribution in [1.82, 2.24) is 0 Å². The minimum atomic E-state index is 0.181. The van der Waals surface area contributed by atoms with Crippen molar-refractivity contribution >= 4 is 5.78 Å². The highest BCUT2D eigenvalue weighted by Gasteiger charge is 2.09. The zero-order chi connectivity index (χ0) is 10.6. The SMILES string of the molecule is CCC(=O)c1cc(C)ccc1COC. The van der Waals surface area contributed by atoms with Crippen LogP contribution in [0.2, 0.25) is 0 Å². The summed E-state index contributed by atoms with van der Waals surface area (Å²) in [6, 6.07) is 5.89. The Balaban J connectivity index is 3.08. The summed E-state index contributed by atoms with van der Waals surface area (Å²) in [7, 11) is 1.64. The van der Waals surface area contributed by atoms with E-state index in [2.05, 4.69) is 0 Å². The average Bonchev–Trinajstić information content (AvgIpc) is 2.20. The van der Waals surface area contributed by atoms with Gasteiger partial charge in [-0.3, -0.25) is 4.79 Å². The maximum Gasteiger partial charge on any atom is 0.162 e. The monoisotopic (exact) mass is 192 g/mol. The lowest BCUT2D eigenvalue weighted by Crippen LogP contribution is -2.03. The number of aryl methyl sites for hydroxylation is 1. The van der Waals surface area contributed by atoms with Crippen molar-refractivity contribution in [2.75, 3.05) is 7.11 Å². The summed E-state index contributed by atoms with van der Waals surface area (Å²) >= 11 is 0. The predicted octanol–water partition coefficient (Wildman–Crippen LogP) is 2.73. The van der Waals surface area contributed by atoms with Gasteiger partial charge < -0.3 is 4.74 Å². The zero-order valence-electron chi connectivity index (χ0n) is 8.96. The topological polar surface area (TPSA) is 26.3 Å². The minimum Gasteiger partial charge on any atom is -0.380 e. The average molecular weight is 192 g/mol. The molecule has 0 spiro atoms. The van der Waals surface area contributed by atoms with E-state index in [9.17, 15) is 4.79 Å². The van der Waals surface area contributed by atoms with Gasteiger partial charge in [0.25, 0.3) is 0 Å². The first-order chi connectivity index (χ1) is 6.69. The van der Waals surface area contributed by atoms with Gasteiger partial charge in [0.05, 0.1) is 6.61 Å². The molecular formula is C12H16O2. The van der Waals surface area contributed by atoms with Gasteiger partial charge in [0.1, 0.15) is 0 Å². The summed E-state index contributed by atoms with van der Waals surface area (Å²) < 4.78 is 5.05. The van der Waals surface area contributed by atoms with Gasteiger partial charge in [-0.25, -0.2) is 0 Å². The highest BCUT2D eigenvalue weighted by Crippen LogP contribution is 2.14. The fraction of sp³-hybridized carbons (Fsp3) is 0.417. The Morgan fingerprint density at radius 2 is 2.14 bits per heavy atom. The van der Waals surface area contributed by atoms with Gasteiger partial charge in [0.15, 0.2) is 5.78 Å². The van der Waals surface area contributed by atoms with Crippen molar-refractivity contribution in [3.63, 3.8) is 0 Å². The molecular weight excluding hydrogens is 176 g/mol. The van der Waals surface area contributed by atoms with E-state index in [1.54, 1.807) is 7.11 Å². The van der Waals surface area contributed by atoms with Crippen LogP contribution in [0.5, 0.6) is 0 Å². The lowest BCUT2D eigenvalue weighted by molar-refractivity contribution is 0.0983. The number of hydrogen-bond acceptors (Lipinski definition) is 2. The normalized spacial score (nSPS) is 10.2. The predicted molar refractivity (Wildman–Crippen MR) is 56.5 cm³/mol. The molecule has 0 radical (unpaired) electrons. The van der Waals surface area contributed by atoms with Crippen LogP contribution in [0.25, 0.3) is 0 Å². The minimum absolute atomic E-state index is 0.181. The molecule has 0 aliphatic carbocycles. The van der Waals surface area contributed by atoms with E-state index in [0.29, 0.717) is 13.0 Å². The van der Waals surface area contributed by atoms with E-state index < -0.39 is 0 Å². The fourth-order valence-corrected chi connectivity index (χ4v) is 1.42. The molecule has 0 aromatic heterocycles. The largest absolute Gasteiger partial charge is 0.380 e. The number of Topliss-reactive ketones (excluding diaryl/α,β-unsaturated/α-hetero) is 1. The third kappa shape index (κ3) is 2.42. The molecule has 2 heteroatoms. The number of rotatable bonds is 4. The molecule has 0 fully saturated rings. The Kier molecular flexibility index (Phi) is 3.84. The first-order valence-corrected chi connectivity index (χ1v) is 4.80. The summed E-state index contributed by atoms with van der Waals surface area (Å²) in [6.07, 6.45) is 0.542. The summed E-state index contributed by atoms with van der Waals surface area (Å²) in [5, 5.41) is 0. The molecule has 0 atom stereocenters. The van der Waals surface area contributed by atoms with Gasteiger partial charge >= 0.3 is 0 Å². The van der Waals surface area contributed by atoms with Crippen LogP contribution in [0.3, 0.4) is 0 Å². The number of carbonyl (C=O) groups is 1. The molecule has 0 N–H and O–H groups in total. The van der Waals surface area contributed by atoms with Crippen LogP contribution >= 0.6 is 0 Å². The van der Waals surface area contributed by atoms with Gasteiger partial charge in [-0.05, 0) is 18.6 Å². The van der Waals surface area contributed by atoms with Crippen LogP contribution in [-0.2, 0) is 11.3 Å². The molecule has 0 bridgehead atoms. The highest BCUT2D eigenvalue weighted by molar-refractivity contribution is 5.97. The zero-order valence-corrected chi connectivity index (χ0v) is 8.96. The first kappa shape index (κ1) is 10.9. The molecule has 0 amide bonds. The second kappa shape index (κ2) is 4.91. The van der Waals surface area contributed by atoms with Gasteiger partial charge in [-0.15, -0.1) is 0 Å². The van der Waals surface area contributed by atoms with Crippen LogP contribution in [0.4, 0.5) is 0 Å². The second-order valence-corrected chi connectivity index (χ2v) is 3.37. The third-order valence-electron chi connectivity index (χ3n) is 2.19. The van der Waals surface area contributed by atoms with Crippen molar-refractivity contribution in [2.45, 2.75) is 26.9 Å². The summed E-state index contributed by atoms with van der Waals surface area (Å²) in [5.41, 5.74) is 2.89. The van der Waals surface area contributed by atoms with Crippen LogP contribution < -0.4 is 0 Å². The van der Waals surface area contributed by atoms with Gasteiger partial charge in [0, 0.05) is 19.1 Å². The lowest BCUT2D eigenvalue weighted by Gasteiger charge is -2.07. The molecule has 0 unspecified atom stereocenters. The molecule has 1 aromatic carbocycles. The number of carbonyl (C=O) groups excluding carboxylic acids is 1. The molecule has 14 heavy (non-hydrogen) atoms. The first-order valence-electron chi connectivity index (χ1n) is 4.80. The smallest absolute Gasteiger partial charge is 0.162 e. The maximum absolute atomic E-state index is 11.6. The Morgan fingerprint density at radius 1 is 1.43 bits per heavy atom. The van der Waals surface area contributed by atoms with Crippen molar-refractivity contribution < 1.29 is 9.53 Å². The van der Waals surface area contributed by atoms with Crippen molar-refractivity contribution in [3.8, 4) is 0 Å². The number of ether oxygens (including phenoxy) is 1. The highest BCUT2D eigenvalue weighted by atomic mass is 16.5. The van der Waals surface area contributed by atoms with Crippen molar-refractivity contribution in [3.05, 3.63) is 34.9 Å². The van der Waals surface area contributed by atoms with E-state index in [1.165, 1.54) is 0 Å². The van der Waals surface area contributed by atoms with Crippen molar-refractivity contribution in [1.29, 1.82) is 0 Å². The standard InChI is InChI=1S/C12H16O2/c1-4-12(13)11-7-9(2)5-6-10(11)8-14-3/h5-7H,4,8H2,1-3H3. The van der Waals surface area contributed by atoms with Crippen LogP contribution in [-0.4, -0.2) is 12.9 Å². The molecule has 1 rings (SSSR count). The molecule has 0 saturated carbocycles.